The summed E-state index contributed by atoms with van der Waals surface area (Å²) in [6, 6.07) is 8.08. The minimum absolute atomic E-state index is 0.224. The van der Waals surface area contributed by atoms with Gasteiger partial charge < -0.3 is 14.2 Å². The summed E-state index contributed by atoms with van der Waals surface area (Å²) in [4.78, 5) is 6.77. The molecule has 0 N–H and O–H groups in total. The van der Waals surface area contributed by atoms with Crippen LogP contribution in [0.3, 0.4) is 0 Å². The summed E-state index contributed by atoms with van der Waals surface area (Å²) in [7, 11) is -3.25. The van der Waals surface area contributed by atoms with Crippen molar-refractivity contribution in [2.24, 2.45) is 5.92 Å². The van der Waals surface area contributed by atoms with E-state index in [0.29, 0.717) is 24.3 Å². The van der Waals surface area contributed by atoms with Gasteiger partial charge in [-0.05, 0) is 43.0 Å². The van der Waals surface area contributed by atoms with Crippen LogP contribution in [0.1, 0.15) is 38.4 Å². The molecule has 141 valence electrons. The Balaban J connectivity index is 1.51. The second-order valence-electron chi connectivity index (χ2n) is 7.01. The zero-order valence-electron chi connectivity index (χ0n) is 15.3. The van der Waals surface area contributed by atoms with Crippen LogP contribution in [0.5, 0.6) is 5.75 Å². The summed E-state index contributed by atoms with van der Waals surface area (Å²) in [5, 5.41) is 4.01. The van der Waals surface area contributed by atoms with Crippen LogP contribution in [0, 0.1) is 12.0 Å². The number of benzene rings is 1. The topological polar surface area (TPSA) is 85.5 Å². The number of piperidine rings is 1. The van der Waals surface area contributed by atoms with Gasteiger partial charge in [0, 0.05) is 25.3 Å². The fourth-order valence-electron chi connectivity index (χ4n) is 2.82. The Morgan fingerprint density at radius 3 is 2.69 bits per heavy atom. The van der Waals surface area contributed by atoms with Crippen molar-refractivity contribution in [2.75, 3.05) is 30.9 Å². The Kier molecular flexibility index (Phi) is 5.50. The predicted octanol–water partition coefficient (Wildman–Crippen LogP) is 2.69. The van der Waals surface area contributed by atoms with Crippen LogP contribution >= 0.6 is 0 Å². The van der Waals surface area contributed by atoms with Gasteiger partial charge in [0.2, 0.25) is 0 Å². The van der Waals surface area contributed by atoms with E-state index in [9.17, 15) is 8.42 Å². The highest BCUT2D eigenvalue weighted by molar-refractivity contribution is 7.90. The summed E-state index contributed by atoms with van der Waals surface area (Å²) in [6.07, 6.45) is 3.08. The maximum Gasteiger partial charge on any atom is 0.324 e. The number of ether oxygens (including phenoxy) is 1. The number of anilines is 1. The number of aromatic nitrogens is 2. The summed E-state index contributed by atoms with van der Waals surface area (Å²) < 4.78 is 34.3. The Morgan fingerprint density at radius 2 is 2.08 bits per heavy atom. The van der Waals surface area contributed by atoms with Gasteiger partial charge in [-0.1, -0.05) is 19.0 Å². The first-order valence-corrected chi connectivity index (χ1v) is 10.6. The molecular formula is C18H24N3O4S. The normalized spacial score (nSPS) is 16.2. The highest BCUT2D eigenvalue weighted by atomic mass is 32.2. The molecule has 1 aliphatic rings. The maximum atomic E-state index is 11.6. The molecule has 1 aromatic heterocycles. The smallest absolute Gasteiger partial charge is 0.324 e. The van der Waals surface area contributed by atoms with E-state index in [1.165, 1.54) is 12.3 Å². The SMILES string of the molecule is CC(C)c1noc(N2CCC(COc3c[c]cc(S(C)(=O)=O)c3)CC2)n1. The maximum absolute atomic E-state index is 11.6. The standard InChI is InChI=1S/C18H24N3O4S/c1-13(2)17-19-18(25-20-17)21-9-7-14(8-10-21)12-24-15-5-4-6-16(11-15)26(3,22)23/h5-6,11,13-14H,7-10,12H2,1-3H3. The predicted molar refractivity (Wildman–Crippen MR) is 97.2 cm³/mol. The Bertz CT molecular complexity index is 840. The molecule has 2 heterocycles. The number of rotatable bonds is 6. The molecule has 2 aromatic rings. The first-order valence-electron chi connectivity index (χ1n) is 8.75. The molecule has 1 aromatic carbocycles. The van der Waals surface area contributed by atoms with Crippen LogP contribution in [0.2, 0.25) is 0 Å². The summed E-state index contributed by atoms with van der Waals surface area (Å²) in [6.45, 7) is 6.30. The quantitative estimate of drug-likeness (QED) is 0.764. The average Bonchev–Trinajstić information content (AvgIpc) is 3.10. The first kappa shape index (κ1) is 18.7. The van der Waals surface area contributed by atoms with Crippen molar-refractivity contribution < 1.29 is 17.7 Å². The van der Waals surface area contributed by atoms with Gasteiger partial charge in [0.05, 0.1) is 11.5 Å². The van der Waals surface area contributed by atoms with Gasteiger partial charge in [-0.15, -0.1) is 0 Å². The number of sulfone groups is 1. The first-order chi connectivity index (χ1) is 12.3. The van der Waals surface area contributed by atoms with Gasteiger partial charge in [-0.3, -0.25) is 0 Å². The summed E-state index contributed by atoms with van der Waals surface area (Å²) in [5.74, 6) is 1.92. The van der Waals surface area contributed by atoms with Crippen LogP contribution in [0.25, 0.3) is 0 Å². The van der Waals surface area contributed by atoms with E-state index in [0.717, 1.165) is 31.8 Å². The van der Waals surface area contributed by atoms with E-state index >= 15 is 0 Å². The van der Waals surface area contributed by atoms with Gasteiger partial charge in [-0.25, -0.2) is 8.42 Å². The van der Waals surface area contributed by atoms with Gasteiger partial charge in [-0.2, -0.15) is 4.98 Å². The number of hydrogen-bond donors (Lipinski definition) is 0. The third kappa shape index (κ3) is 4.55. The van der Waals surface area contributed by atoms with E-state index in [1.54, 1.807) is 12.1 Å². The molecule has 0 amide bonds. The van der Waals surface area contributed by atoms with Gasteiger partial charge in [0.1, 0.15) is 5.75 Å². The number of nitrogens with zero attached hydrogens (tertiary/aromatic N) is 3. The highest BCUT2D eigenvalue weighted by Gasteiger charge is 2.24. The van der Waals surface area contributed by atoms with Gasteiger partial charge in [0.15, 0.2) is 15.7 Å². The summed E-state index contributed by atoms with van der Waals surface area (Å²) in [5.41, 5.74) is 0. The third-order valence-corrected chi connectivity index (χ3v) is 5.57. The third-order valence-electron chi connectivity index (χ3n) is 4.48. The van der Waals surface area contributed by atoms with E-state index in [-0.39, 0.29) is 10.8 Å². The van der Waals surface area contributed by atoms with E-state index < -0.39 is 9.84 Å². The Labute approximate surface area is 154 Å². The molecule has 0 bridgehead atoms. The van der Waals surface area contributed by atoms with Crippen LogP contribution in [0.15, 0.2) is 27.6 Å². The minimum atomic E-state index is -3.25. The molecule has 1 radical (unpaired) electrons. The molecule has 0 saturated carbocycles. The van der Waals surface area contributed by atoms with E-state index in [4.69, 9.17) is 9.26 Å². The molecule has 0 spiro atoms. The fourth-order valence-corrected chi connectivity index (χ4v) is 3.43. The van der Waals surface area contributed by atoms with Crippen molar-refractivity contribution in [3.63, 3.8) is 0 Å². The second kappa shape index (κ2) is 7.65. The molecule has 3 rings (SSSR count). The van der Waals surface area contributed by atoms with Crippen molar-refractivity contribution in [3.8, 4) is 5.75 Å². The largest absolute Gasteiger partial charge is 0.493 e. The lowest BCUT2D eigenvalue weighted by Crippen LogP contribution is -2.35. The second-order valence-corrected chi connectivity index (χ2v) is 9.02. The van der Waals surface area contributed by atoms with Crippen molar-refractivity contribution in [1.29, 1.82) is 0 Å². The average molecular weight is 378 g/mol. The van der Waals surface area contributed by atoms with E-state index in [2.05, 4.69) is 21.1 Å². The monoisotopic (exact) mass is 378 g/mol. The van der Waals surface area contributed by atoms with Crippen LogP contribution in [-0.2, 0) is 9.84 Å². The lowest BCUT2D eigenvalue weighted by atomic mass is 9.98. The molecular weight excluding hydrogens is 354 g/mol. The fraction of sp³-hybridized carbons (Fsp3) is 0.556. The van der Waals surface area contributed by atoms with Crippen LogP contribution < -0.4 is 9.64 Å². The zero-order valence-corrected chi connectivity index (χ0v) is 16.1. The molecule has 0 unspecified atom stereocenters. The van der Waals surface area contributed by atoms with Crippen LogP contribution in [0.4, 0.5) is 6.01 Å². The van der Waals surface area contributed by atoms with Gasteiger partial charge in [0.25, 0.3) is 0 Å². The van der Waals surface area contributed by atoms with Crippen molar-refractivity contribution in [3.05, 3.63) is 30.1 Å². The van der Waals surface area contributed by atoms with Crippen LogP contribution in [-0.4, -0.2) is 44.5 Å². The van der Waals surface area contributed by atoms with Crippen molar-refractivity contribution in [1.82, 2.24) is 10.1 Å². The van der Waals surface area contributed by atoms with Crippen molar-refractivity contribution >= 4 is 15.9 Å². The molecule has 1 saturated heterocycles. The molecule has 1 fully saturated rings. The molecule has 0 aliphatic carbocycles. The Hall–Kier alpha value is -2.09. The molecule has 1 aliphatic heterocycles. The minimum Gasteiger partial charge on any atom is -0.493 e. The molecule has 7 nitrogen and oxygen atoms in total. The zero-order chi connectivity index (χ0) is 18.7. The molecule has 8 heteroatoms. The van der Waals surface area contributed by atoms with Crippen molar-refractivity contribution in [2.45, 2.75) is 37.5 Å². The molecule has 0 atom stereocenters. The molecule has 26 heavy (non-hydrogen) atoms. The van der Waals surface area contributed by atoms with Gasteiger partial charge >= 0.3 is 6.01 Å². The lowest BCUT2D eigenvalue weighted by Gasteiger charge is -2.30. The lowest BCUT2D eigenvalue weighted by molar-refractivity contribution is 0.219. The summed E-state index contributed by atoms with van der Waals surface area (Å²) >= 11 is 0. The van der Waals surface area contributed by atoms with E-state index in [1.807, 2.05) is 13.8 Å². The Morgan fingerprint density at radius 1 is 1.35 bits per heavy atom. The number of hydrogen-bond acceptors (Lipinski definition) is 7. The highest BCUT2D eigenvalue weighted by Crippen LogP contribution is 2.25.